The third-order valence-corrected chi connectivity index (χ3v) is 4.42. The first-order valence-electron chi connectivity index (χ1n) is 7.18. The van der Waals surface area contributed by atoms with Crippen molar-refractivity contribution in [2.75, 3.05) is 18.1 Å². The summed E-state index contributed by atoms with van der Waals surface area (Å²) >= 11 is 2.01. The Hall–Kier alpha value is -0.630. The zero-order valence-electron chi connectivity index (χ0n) is 12.3. The van der Waals surface area contributed by atoms with Crippen LogP contribution >= 0.6 is 35.7 Å². The average Bonchev–Trinajstić information content (AvgIpc) is 2.48. The zero-order valence-corrected chi connectivity index (χ0v) is 15.5. The molecule has 1 aliphatic heterocycles. The second kappa shape index (κ2) is 10.2. The van der Waals surface area contributed by atoms with Gasteiger partial charge >= 0.3 is 0 Å². The van der Waals surface area contributed by atoms with E-state index in [2.05, 4.69) is 22.5 Å². The number of phenols is 1. The third-order valence-electron chi connectivity index (χ3n) is 3.20. The normalized spacial score (nSPS) is 18.7. The van der Waals surface area contributed by atoms with E-state index in [1.165, 1.54) is 18.6 Å². The number of halogens is 1. The fourth-order valence-electron chi connectivity index (χ4n) is 2.14. The van der Waals surface area contributed by atoms with Gasteiger partial charge in [0.15, 0.2) is 5.96 Å². The van der Waals surface area contributed by atoms with E-state index in [9.17, 15) is 5.11 Å². The lowest BCUT2D eigenvalue weighted by Gasteiger charge is -2.24. The molecule has 6 heteroatoms. The summed E-state index contributed by atoms with van der Waals surface area (Å²) in [6.45, 7) is 3.56. The number of thioether (sulfide) groups is 1. The Kier molecular flexibility index (Phi) is 8.91. The quantitative estimate of drug-likeness (QED) is 0.398. The van der Waals surface area contributed by atoms with Crippen LogP contribution in [0.25, 0.3) is 0 Å². The van der Waals surface area contributed by atoms with Crippen LogP contribution < -0.4 is 10.6 Å². The molecule has 4 nitrogen and oxygen atoms in total. The summed E-state index contributed by atoms with van der Waals surface area (Å²) in [5.41, 5.74) is 1.10. The monoisotopic (exact) mass is 421 g/mol. The molecule has 1 heterocycles. The van der Waals surface area contributed by atoms with Gasteiger partial charge in [-0.15, -0.1) is 24.0 Å². The second-order valence-electron chi connectivity index (χ2n) is 4.92. The van der Waals surface area contributed by atoms with Crippen LogP contribution in [0, 0.1) is 0 Å². The molecule has 1 aromatic rings. The Morgan fingerprint density at radius 3 is 2.76 bits per heavy atom. The van der Waals surface area contributed by atoms with Crippen LogP contribution in [0.3, 0.4) is 0 Å². The molecule has 1 saturated heterocycles. The van der Waals surface area contributed by atoms with Gasteiger partial charge in [0.05, 0.1) is 6.54 Å². The molecule has 3 N–H and O–H groups in total. The van der Waals surface area contributed by atoms with Gasteiger partial charge in [-0.3, -0.25) is 0 Å². The number of aliphatic imine (C=N–C) groups is 1. The first-order valence-corrected chi connectivity index (χ1v) is 8.34. The topological polar surface area (TPSA) is 56.7 Å². The van der Waals surface area contributed by atoms with Crippen LogP contribution in [0.2, 0.25) is 0 Å². The van der Waals surface area contributed by atoms with E-state index in [0.717, 1.165) is 23.8 Å². The van der Waals surface area contributed by atoms with Gasteiger partial charge in [-0.1, -0.05) is 12.1 Å². The molecule has 0 radical (unpaired) electrons. The Balaban J connectivity index is 0.00000220. The Morgan fingerprint density at radius 2 is 2.14 bits per heavy atom. The molecule has 2 rings (SSSR count). The molecular weight excluding hydrogens is 397 g/mol. The van der Waals surface area contributed by atoms with Crippen LogP contribution in [0.4, 0.5) is 0 Å². The van der Waals surface area contributed by atoms with E-state index in [1.807, 2.05) is 23.9 Å². The van der Waals surface area contributed by atoms with Crippen LogP contribution in [0.15, 0.2) is 29.3 Å². The smallest absolute Gasteiger partial charge is 0.191 e. The average molecular weight is 421 g/mol. The molecule has 0 aromatic heterocycles. The van der Waals surface area contributed by atoms with Gasteiger partial charge < -0.3 is 15.7 Å². The number of rotatable bonds is 4. The van der Waals surface area contributed by atoms with Gasteiger partial charge in [-0.2, -0.15) is 11.8 Å². The highest BCUT2D eigenvalue weighted by Gasteiger charge is 2.14. The van der Waals surface area contributed by atoms with Crippen molar-refractivity contribution in [1.82, 2.24) is 10.6 Å². The molecule has 1 fully saturated rings. The van der Waals surface area contributed by atoms with Crippen molar-refractivity contribution in [3.8, 4) is 5.75 Å². The number of aromatic hydroxyl groups is 1. The summed E-state index contributed by atoms with van der Waals surface area (Å²) in [5.74, 6) is 3.61. The standard InChI is InChI=1S/C15H23N3OS.HI/c1-2-16-15(18-13-4-3-9-20-11-13)17-10-12-5-7-14(19)8-6-12;/h5-8,13,19H,2-4,9-11H2,1H3,(H2,16,17,18);1H. The molecule has 1 atom stereocenters. The largest absolute Gasteiger partial charge is 0.508 e. The molecule has 0 bridgehead atoms. The summed E-state index contributed by atoms with van der Waals surface area (Å²) in [4.78, 5) is 4.61. The molecule has 0 amide bonds. The number of phenolic OH excluding ortho intramolecular Hbond substituents is 1. The summed E-state index contributed by atoms with van der Waals surface area (Å²) in [6.07, 6.45) is 2.50. The van der Waals surface area contributed by atoms with E-state index < -0.39 is 0 Å². The molecule has 0 spiro atoms. The fourth-order valence-corrected chi connectivity index (χ4v) is 3.21. The van der Waals surface area contributed by atoms with E-state index in [4.69, 9.17) is 0 Å². The van der Waals surface area contributed by atoms with E-state index >= 15 is 0 Å². The predicted octanol–water partition coefficient (Wildman–Crippen LogP) is 2.96. The molecule has 0 aliphatic carbocycles. The van der Waals surface area contributed by atoms with Gasteiger partial charge in [0, 0.05) is 18.3 Å². The lowest BCUT2D eigenvalue weighted by atomic mass is 10.2. The van der Waals surface area contributed by atoms with Crippen molar-refractivity contribution in [3.63, 3.8) is 0 Å². The Morgan fingerprint density at radius 1 is 1.38 bits per heavy atom. The van der Waals surface area contributed by atoms with Crippen LogP contribution in [-0.2, 0) is 6.54 Å². The van der Waals surface area contributed by atoms with E-state index in [-0.39, 0.29) is 24.0 Å². The molecule has 1 unspecified atom stereocenters. The van der Waals surface area contributed by atoms with Crippen LogP contribution in [-0.4, -0.2) is 35.2 Å². The zero-order chi connectivity index (χ0) is 14.2. The maximum atomic E-state index is 9.27. The van der Waals surface area contributed by atoms with Gasteiger partial charge in [0.1, 0.15) is 5.75 Å². The highest BCUT2D eigenvalue weighted by Crippen LogP contribution is 2.16. The Labute approximate surface area is 148 Å². The fraction of sp³-hybridized carbons (Fsp3) is 0.533. The minimum atomic E-state index is 0. The molecule has 21 heavy (non-hydrogen) atoms. The van der Waals surface area contributed by atoms with Crippen LogP contribution in [0.5, 0.6) is 5.75 Å². The van der Waals surface area contributed by atoms with E-state index in [1.54, 1.807) is 12.1 Å². The van der Waals surface area contributed by atoms with Gasteiger partial charge in [0.2, 0.25) is 0 Å². The summed E-state index contributed by atoms with van der Waals surface area (Å²) < 4.78 is 0. The van der Waals surface area contributed by atoms with Crippen molar-refractivity contribution in [2.24, 2.45) is 4.99 Å². The van der Waals surface area contributed by atoms with Gasteiger partial charge in [-0.05, 0) is 43.2 Å². The maximum Gasteiger partial charge on any atom is 0.191 e. The minimum Gasteiger partial charge on any atom is -0.508 e. The highest BCUT2D eigenvalue weighted by molar-refractivity contribution is 14.0. The first-order chi connectivity index (χ1) is 9.78. The number of hydrogen-bond acceptors (Lipinski definition) is 3. The number of guanidine groups is 1. The van der Waals surface area contributed by atoms with Crippen molar-refractivity contribution >= 4 is 41.7 Å². The molecule has 0 saturated carbocycles. The number of benzene rings is 1. The minimum absolute atomic E-state index is 0. The van der Waals surface area contributed by atoms with Crippen molar-refractivity contribution in [3.05, 3.63) is 29.8 Å². The molecule has 1 aliphatic rings. The highest BCUT2D eigenvalue weighted by atomic mass is 127. The van der Waals surface area contributed by atoms with Crippen molar-refractivity contribution < 1.29 is 5.11 Å². The second-order valence-corrected chi connectivity index (χ2v) is 6.07. The number of nitrogens with one attached hydrogen (secondary N) is 2. The molecular formula is C15H24IN3OS. The molecule has 1 aromatic carbocycles. The van der Waals surface area contributed by atoms with Gasteiger partial charge in [-0.25, -0.2) is 4.99 Å². The van der Waals surface area contributed by atoms with E-state index in [0.29, 0.717) is 18.3 Å². The SMILES string of the molecule is CCNC(=NCc1ccc(O)cc1)NC1CCCSC1.I. The summed E-state index contributed by atoms with van der Waals surface area (Å²) in [7, 11) is 0. The first kappa shape index (κ1) is 18.4. The maximum absolute atomic E-state index is 9.27. The van der Waals surface area contributed by atoms with Crippen molar-refractivity contribution in [2.45, 2.75) is 32.4 Å². The third kappa shape index (κ3) is 6.78. The molecule has 118 valence electrons. The van der Waals surface area contributed by atoms with Crippen LogP contribution in [0.1, 0.15) is 25.3 Å². The number of hydrogen-bond donors (Lipinski definition) is 3. The number of nitrogens with zero attached hydrogens (tertiary/aromatic N) is 1. The summed E-state index contributed by atoms with van der Waals surface area (Å²) in [6, 6.07) is 7.72. The lowest BCUT2D eigenvalue weighted by molar-refractivity contribution is 0.475. The van der Waals surface area contributed by atoms with Crippen molar-refractivity contribution in [1.29, 1.82) is 0 Å². The Bertz CT molecular complexity index is 433. The lowest BCUT2D eigenvalue weighted by Crippen LogP contribution is -2.45. The predicted molar refractivity (Wildman–Crippen MR) is 102 cm³/mol. The van der Waals surface area contributed by atoms with Gasteiger partial charge in [0.25, 0.3) is 0 Å². The summed E-state index contributed by atoms with van der Waals surface area (Å²) in [5, 5.41) is 16.1.